The van der Waals surface area contributed by atoms with Crippen molar-refractivity contribution in [2.24, 2.45) is 11.7 Å². The highest BCUT2D eigenvalue weighted by atomic mass is 79.9. The van der Waals surface area contributed by atoms with E-state index in [1.807, 2.05) is 30.3 Å². The standard InChI is InChI=1S/C15H23NO.C14H29Br/c16-14(11-12-7-3-1-4-8-12)15(17)13-9-5-2-6-10-13;1-4-5-6-7-8-9-10-11-12-13-14(2,3)15/h2,5-6,9-10,12,14-15,17H,1,3-4,7-8,11,16H2;4-13H2,1-3H3. The first-order valence-electron chi connectivity index (χ1n) is 13.5. The molecule has 2 rings (SSSR count). The molecule has 2 atom stereocenters. The molecule has 0 bridgehead atoms. The molecule has 1 fully saturated rings. The highest BCUT2D eigenvalue weighted by molar-refractivity contribution is 9.10. The van der Waals surface area contributed by atoms with Gasteiger partial charge in [0.2, 0.25) is 0 Å². The summed E-state index contributed by atoms with van der Waals surface area (Å²) in [5.74, 6) is 0.720. The Balaban J connectivity index is 0.000000324. The first-order chi connectivity index (χ1) is 15.3. The van der Waals surface area contributed by atoms with Gasteiger partial charge in [-0.2, -0.15) is 0 Å². The fourth-order valence-electron chi connectivity index (χ4n) is 4.69. The van der Waals surface area contributed by atoms with E-state index in [-0.39, 0.29) is 6.04 Å². The van der Waals surface area contributed by atoms with Crippen LogP contribution in [0.4, 0.5) is 0 Å². The molecule has 0 saturated heterocycles. The topological polar surface area (TPSA) is 46.2 Å². The molecular formula is C29H52BrNO. The fourth-order valence-corrected chi connectivity index (χ4v) is 4.97. The molecule has 0 amide bonds. The number of aliphatic hydroxyl groups excluding tert-OH is 1. The van der Waals surface area contributed by atoms with Gasteiger partial charge in [0.05, 0.1) is 6.10 Å². The average Bonchev–Trinajstić information content (AvgIpc) is 2.78. The molecular weight excluding hydrogens is 458 g/mol. The van der Waals surface area contributed by atoms with Crippen LogP contribution >= 0.6 is 15.9 Å². The molecule has 2 nitrogen and oxygen atoms in total. The van der Waals surface area contributed by atoms with Gasteiger partial charge in [0.15, 0.2) is 0 Å². The SMILES string of the molecule is CCCCCCCCCCCC(C)(C)Br.NC(CC1CCCCC1)C(O)c1ccccc1. The minimum atomic E-state index is -0.516. The average molecular weight is 511 g/mol. The van der Waals surface area contributed by atoms with Crippen molar-refractivity contribution in [2.45, 2.75) is 140 Å². The van der Waals surface area contributed by atoms with E-state index in [4.69, 9.17) is 5.73 Å². The Hall–Kier alpha value is -0.380. The molecule has 0 heterocycles. The van der Waals surface area contributed by atoms with Gasteiger partial charge in [0.25, 0.3) is 0 Å². The number of unbranched alkanes of at least 4 members (excludes halogenated alkanes) is 8. The predicted molar refractivity (Wildman–Crippen MR) is 145 cm³/mol. The van der Waals surface area contributed by atoms with Crippen molar-refractivity contribution in [3.63, 3.8) is 0 Å². The predicted octanol–water partition coefficient (Wildman–Crippen LogP) is 9.10. The summed E-state index contributed by atoms with van der Waals surface area (Å²) in [4.78, 5) is 0. The lowest BCUT2D eigenvalue weighted by Gasteiger charge is -2.27. The van der Waals surface area contributed by atoms with Gasteiger partial charge in [0.1, 0.15) is 0 Å². The van der Waals surface area contributed by atoms with Crippen molar-refractivity contribution in [1.82, 2.24) is 0 Å². The van der Waals surface area contributed by atoms with Crippen LogP contribution in [0.5, 0.6) is 0 Å². The summed E-state index contributed by atoms with van der Waals surface area (Å²) in [5, 5.41) is 10.2. The summed E-state index contributed by atoms with van der Waals surface area (Å²) in [5.41, 5.74) is 7.07. The lowest BCUT2D eigenvalue weighted by molar-refractivity contribution is 0.128. The maximum Gasteiger partial charge on any atom is 0.0940 e. The van der Waals surface area contributed by atoms with E-state index in [1.165, 1.54) is 96.3 Å². The van der Waals surface area contributed by atoms with Crippen molar-refractivity contribution in [3.8, 4) is 0 Å². The molecule has 1 aliphatic carbocycles. The number of rotatable bonds is 14. The van der Waals surface area contributed by atoms with Crippen molar-refractivity contribution in [2.75, 3.05) is 0 Å². The minimum absolute atomic E-state index is 0.125. The molecule has 1 aromatic carbocycles. The Labute approximate surface area is 208 Å². The van der Waals surface area contributed by atoms with Crippen LogP contribution in [0, 0.1) is 5.92 Å². The molecule has 2 unspecified atom stereocenters. The summed E-state index contributed by atoms with van der Waals surface area (Å²) >= 11 is 3.69. The zero-order valence-electron chi connectivity index (χ0n) is 21.3. The molecule has 186 valence electrons. The van der Waals surface area contributed by atoms with Gasteiger partial charge in [0, 0.05) is 10.4 Å². The molecule has 32 heavy (non-hydrogen) atoms. The second-order valence-corrected chi connectivity index (χ2v) is 12.7. The molecule has 3 heteroatoms. The Kier molecular flexibility index (Phi) is 16.7. The Morgan fingerprint density at radius 1 is 0.906 bits per heavy atom. The third-order valence-electron chi connectivity index (χ3n) is 6.75. The number of aliphatic hydroxyl groups is 1. The lowest BCUT2D eigenvalue weighted by atomic mass is 9.83. The van der Waals surface area contributed by atoms with Crippen LogP contribution in [0.15, 0.2) is 30.3 Å². The Morgan fingerprint density at radius 3 is 1.97 bits per heavy atom. The maximum atomic E-state index is 10.2. The zero-order valence-corrected chi connectivity index (χ0v) is 22.9. The van der Waals surface area contributed by atoms with Crippen LogP contribution in [0.3, 0.4) is 0 Å². The minimum Gasteiger partial charge on any atom is -0.387 e. The van der Waals surface area contributed by atoms with E-state index in [9.17, 15) is 5.11 Å². The summed E-state index contributed by atoms with van der Waals surface area (Å²) in [7, 11) is 0. The molecule has 0 aliphatic heterocycles. The van der Waals surface area contributed by atoms with E-state index in [2.05, 4.69) is 36.7 Å². The van der Waals surface area contributed by atoms with Gasteiger partial charge < -0.3 is 10.8 Å². The summed E-state index contributed by atoms with van der Waals surface area (Å²) < 4.78 is 0.355. The van der Waals surface area contributed by atoms with Gasteiger partial charge in [-0.05, 0) is 24.3 Å². The number of alkyl halides is 1. The second kappa shape index (κ2) is 18.0. The monoisotopic (exact) mass is 509 g/mol. The number of benzene rings is 1. The van der Waals surface area contributed by atoms with Gasteiger partial charge in [-0.1, -0.05) is 157 Å². The van der Waals surface area contributed by atoms with E-state index in [0.29, 0.717) is 4.32 Å². The van der Waals surface area contributed by atoms with Crippen LogP contribution in [-0.4, -0.2) is 15.5 Å². The molecule has 1 aromatic rings. The summed E-state index contributed by atoms with van der Waals surface area (Å²) in [6.45, 7) is 6.80. The van der Waals surface area contributed by atoms with E-state index in [1.54, 1.807) is 0 Å². The number of halogens is 1. The Morgan fingerprint density at radius 2 is 1.44 bits per heavy atom. The number of hydrogen-bond donors (Lipinski definition) is 2. The zero-order chi connectivity index (χ0) is 23.7. The molecule has 0 spiro atoms. The van der Waals surface area contributed by atoms with Gasteiger partial charge in [-0.25, -0.2) is 0 Å². The summed E-state index contributed by atoms with van der Waals surface area (Å²) in [6.07, 6.45) is 21.2. The molecule has 1 saturated carbocycles. The molecule has 0 aromatic heterocycles. The second-order valence-electron chi connectivity index (χ2n) is 10.6. The largest absolute Gasteiger partial charge is 0.387 e. The smallest absolute Gasteiger partial charge is 0.0940 e. The maximum absolute atomic E-state index is 10.2. The van der Waals surface area contributed by atoms with E-state index in [0.717, 1.165) is 17.9 Å². The van der Waals surface area contributed by atoms with Crippen molar-refractivity contribution in [1.29, 1.82) is 0 Å². The van der Waals surface area contributed by atoms with Crippen molar-refractivity contribution in [3.05, 3.63) is 35.9 Å². The highest BCUT2D eigenvalue weighted by Gasteiger charge is 2.22. The third kappa shape index (κ3) is 15.5. The van der Waals surface area contributed by atoms with Crippen molar-refractivity contribution >= 4 is 15.9 Å². The van der Waals surface area contributed by atoms with Crippen LogP contribution in [-0.2, 0) is 0 Å². The molecule has 1 aliphatic rings. The first kappa shape index (κ1) is 29.7. The first-order valence-corrected chi connectivity index (χ1v) is 14.3. The van der Waals surface area contributed by atoms with Crippen LogP contribution < -0.4 is 5.73 Å². The normalized spacial score (nSPS) is 16.8. The molecule has 3 N–H and O–H groups in total. The molecule has 0 radical (unpaired) electrons. The Bertz CT molecular complexity index is 536. The number of nitrogens with two attached hydrogens (primary N) is 1. The highest BCUT2D eigenvalue weighted by Crippen LogP contribution is 2.30. The van der Waals surface area contributed by atoms with Crippen molar-refractivity contribution < 1.29 is 5.11 Å². The third-order valence-corrected chi connectivity index (χ3v) is 7.15. The van der Waals surface area contributed by atoms with E-state index < -0.39 is 6.10 Å². The summed E-state index contributed by atoms with van der Waals surface area (Å²) in [6, 6.07) is 9.64. The quantitative estimate of drug-likeness (QED) is 0.194. The van der Waals surface area contributed by atoms with Gasteiger partial charge in [-0.15, -0.1) is 0 Å². The van der Waals surface area contributed by atoms with Crippen LogP contribution in [0.25, 0.3) is 0 Å². The lowest BCUT2D eigenvalue weighted by Crippen LogP contribution is -2.31. The van der Waals surface area contributed by atoms with E-state index >= 15 is 0 Å². The fraction of sp³-hybridized carbons (Fsp3) is 0.793. The van der Waals surface area contributed by atoms with Gasteiger partial charge in [-0.3, -0.25) is 0 Å². The van der Waals surface area contributed by atoms with Gasteiger partial charge >= 0.3 is 0 Å². The number of hydrogen-bond acceptors (Lipinski definition) is 2. The van der Waals surface area contributed by atoms with Crippen LogP contribution in [0.1, 0.15) is 135 Å². The van der Waals surface area contributed by atoms with Crippen LogP contribution in [0.2, 0.25) is 0 Å².